The first kappa shape index (κ1) is 14.7. The summed E-state index contributed by atoms with van der Waals surface area (Å²) < 4.78 is 14.4. The molecule has 0 aromatic heterocycles. The molecule has 1 N–H and O–H groups in total. The molecule has 0 saturated carbocycles. The predicted octanol–water partition coefficient (Wildman–Crippen LogP) is 4.15. The molecule has 3 heteroatoms. The lowest BCUT2D eigenvalue weighted by Crippen LogP contribution is -2.38. The van der Waals surface area contributed by atoms with E-state index in [0.717, 1.165) is 22.9 Å². The normalized spacial score (nSPS) is 13.8. The molecule has 0 radical (unpaired) electrons. The zero-order valence-corrected chi connectivity index (χ0v) is 12.6. The smallest absolute Gasteiger partial charge is 0.127 e. The van der Waals surface area contributed by atoms with Crippen LogP contribution in [0, 0.1) is 11.2 Å². The summed E-state index contributed by atoms with van der Waals surface area (Å²) in [7, 11) is 1.97. The Morgan fingerprint density at radius 2 is 2.00 bits per heavy atom. The van der Waals surface area contributed by atoms with Gasteiger partial charge in [0.15, 0.2) is 0 Å². The lowest BCUT2D eigenvalue weighted by atomic mass is 9.83. The van der Waals surface area contributed by atoms with E-state index in [1.165, 1.54) is 6.07 Å². The van der Waals surface area contributed by atoms with E-state index in [9.17, 15) is 4.39 Å². The van der Waals surface area contributed by atoms with E-state index in [-0.39, 0.29) is 11.2 Å². The molecule has 1 aromatic carbocycles. The van der Waals surface area contributed by atoms with Crippen LogP contribution in [0.15, 0.2) is 22.7 Å². The SMILES string of the molecule is CNC(CCc1ccc(Br)cc1F)C(C)(C)C. The Morgan fingerprint density at radius 3 is 2.47 bits per heavy atom. The molecule has 0 heterocycles. The van der Waals surface area contributed by atoms with Crippen molar-refractivity contribution in [3.8, 4) is 0 Å². The second kappa shape index (κ2) is 5.96. The van der Waals surface area contributed by atoms with Crippen LogP contribution in [0.4, 0.5) is 4.39 Å². The Hall–Kier alpha value is -0.410. The van der Waals surface area contributed by atoms with Gasteiger partial charge in [-0.05, 0) is 43.0 Å². The van der Waals surface area contributed by atoms with E-state index in [1.807, 2.05) is 19.2 Å². The molecule has 1 nitrogen and oxygen atoms in total. The lowest BCUT2D eigenvalue weighted by Gasteiger charge is -2.30. The van der Waals surface area contributed by atoms with Gasteiger partial charge in [0.2, 0.25) is 0 Å². The number of hydrogen-bond donors (Lipinski definition) is 1. The van der Waals surface area contributed by atoms with Crippen molar-refractivity contribution in [3.63, 3.8) is 0 Å². The zero-order chi connectivity index (χ0) is 13.1. The summed E-state index contributed by atoms with van der Waals surface area (Å²) in [5, 5.41) is 3.31. The van der Waals surface area contributed by atoms with E-state index < -0.39 is 0 Å². The van der Waals surface area contributed by atoms with Crippen LogP contribution in [0.5, 0.6) is 0 Å². The van der Waals surface area contributed by atoms with Gasteiger partial charge in [0.05, 0.1) is 0 Å². The molecule has 0 amide bonds. The van der Waals surface area contributed by atoms with Gasteiger partial charge in [-0.1, -0.05) is 42.8 Å². The van der Waals surface area contributed by atoms with Crippen molar-refractivity contribution < 1.29 is 4.39 Å². The van der Waals surface area contributed by atoms with Gasteiger partial charge in [0.25, 0.3) is 0 Å². The van der Waals surface area contributed by atoms with Crippen molar-refractivity contribution in [1.82, 2.24) is 5.32 Å². The van der Waals surface area contributed by atoms with Gasteiger partial charge in [-0.2, -0.15) is 0 Å². The average Bonchev–Trinajstić information content (AvgIpc) is 2.19. The number of nitrogens with one attached hydrogen (secondary N) is 1. The van der Waals surface area contributed by atoms with Crippen molar-refractivity contribution >= 4 is 15.9 Å². The second-order valence-electron chi connectivity index (χ2n) is 5.48. The fraction of sp³-hybridized carbons (Fsp3) is 0.571. The molecule has 0 fully saturated rings. The maximum Gasteiger partial charge on any atom is 0.127 e. The van der Waals surface area contributed by atoms with Gasteiger partial charge in [0.1, 0.15) is 5.82 Å². The third-order valence-electron chi connectivity index (χ3n) is 3.11. The van der Waals surface area contributed by atoms with Crippen LogP contribution < -0.4 is 5.32 Å². The second-order valence-corrected chi connectivity index (χ2v) is 6.40. The summed E-state index contributed by atoms with van der Waals surface area (Å²) in [6.07, 6.45) is 1.71. The lowest BCUT2D eigenvalue weighted by molar-refractivity contribution is 0.267. The van der Waals surface area contributed by atoms with Crippen LogP contribution in [0.2, 0.25) is 0 Å². The van der Waals surface area contributed by atoms with E-state index in [4.69, 9.17) is 0 Å². The van der Waals surface area contributed by atoms with E-state index in [2.05, 4.69) is 42.0 Å². The summed E-state index contributed by atoms with van der Waals surface area (Å²) >= 11 is 3.27. The molecule has 1 aromatic rings. The quantitative estimate of drug-likeness (QED) is 0.881. The summed E-state index contributed by atoms with van der Waals surface area (Å²) in [4.78, 5) is 0. The molecule has 0 aliphatic carbocycles. The van der Waals surface area contributed by atoms with E-state index >= 15 is 0 Å². The summed E-state index contributed by atoms with van der Waals surface area (Å²) in [6.45, 7) is 6.60. The molecule has 0 bridgehead atoms. The molecular weight excluding hydrogens is 281 g/mol. The van der Waals surface area contributed by atoms with Gasteiger partial charge >= 0.3 is 0 Å². The van der Waals surface area contributed by atoms with Crippen molar-refractivity contribution in [2.45, 2.75) is 39.7 Å². The minimum Gasteiger partial charge on any atom is -0.316 e. The first-order chi connectivity index (χ1) is 7.84. The minimum atomic E-state index is -0.122. The molecular formula is C14H21BrFN. The first-order valence-electron chi connectivity index (χ1n) is 5.96. The maximum atomic E-state index is 13.7. The minimum absolute atomic E-state index is 0.122. The maximum absolute atomic E-state index is 13.7. The summed E-state index contributed by atoms with van der Waals surface area (Å²) in [5.74, 6) is -0.122. The molecule has 0 aliphatic heterocycles. The average molecular weight is 302 g/mol. The van der Waals surface area contributed by atoms with Gasteiger partial charge in [-0.25, -0.2) is 4.39 Å². The summed E-state index contributed by atoms with van der Waals surface area (Å²) in [6, 6.07) is 5.67. The van der Waals surface area contributed by atoms with Gasteiger partial charge in [-0.3, -0.25) is 0 Å². The van der Waals surface area contributed by atoms with Gasteiger partial charge in [-0.15, -0.1) is 0 Å². The largest absolute Gasteiger partial charge is 0.316 e. The van der Waals surface area contributed by atoms with Crippen molar-refractivity contribution in [2.24, 2.45) is 5.41 Å². The predicted molar refractivity (Wildman–Crippen MR) is 74.7 cm³/mol. The van der Waals surface area contributed by atoms with Crippen LogP contribution in [0.3, 0.4) is 0 Å². The van der Waals surface area contributed by atoms with Crippen LogP contribution in [-0.2, 0) is 6.42 Å². The fourth-order valence-corrected chi connectivity index (χ4v) is 2.37. The Morgan fingerprint density at radius 1 is 1.35 bits per heavy atom. The topological polar surface area (TPSA) is 12.0 Å². The third-order valence-corrected chi connectivity index (χ3v) is 3.60. The van der Waals surface area contributed by atoms with Crippen molar-refractivity contribution in [1.29, 1.82) is 0 Å². The molecule has 96 valence electrons. The zero-order valence-electron chi connectivity index (χ0n) is 11.0. The Bertz CT molecular complexity index is 371. The summed E-state index contributed by atoms with van der Waals surface area (Å²) in [5.41, 5.74) is 0.985. The Kier molecular flexibility index (Phi) is 5.14. The Labute approximate surface area is 112 Å². The number of halogens is 2. The van der Waals surface area contributed by atoms with Gasteiger partial charge in [0, 0.05) is 10.5 Å². The fourth-order valence-electron chi connectivity index (χ4n) is 2.03. The highest BCUT2D eigenvalue weighted by atomic mass is 79.9. The molecule has 0 spiro atoms. The van der Waals surface area contributed by atoms with E-state index in [1.54, 1.807) is 0 Å². The molecule has 17 heavy (non-hydrogen) atoms. The van der Waals surface area contributed by atoms with Gasteiger partial charge < -0.3 is 5.32 Å². The number of aryl methyl sites for hydroxylation is 1. The monoisotopic (exact) mass is 301 g/mol. The number of benzene rings is 1. The van der Waals surface area contributed by atoms with Crippen LogP contribution in [-0.4, -0.2) is 13.1 Å². The molecule has 0 saturated heterocycles. The number of rotatable bonds is 4. The number of hydrogen-bond acceptors (Lipinski definition) is 1. The molecule has 1 atom stereocenters. The highest BCUT2D eigenvalue weighted by Crippen LogP contribution is 2.24. The van der Waals surface area contributed by atoms with Crippen LogP contribution >= 0.6 is 15.9 Å². The third kappa shape index (κ3) is 4.40. The van der Waals surface area contributed by atoms with Crippen molar-refractivity contribution in [2.75, 3.05) is 7.05 Å². The van der Waals surface area contributed by atoms with Crippen LogP contribution in [0.1, 0.15) is 32.8 Å². The Balaban J connectivity index is 2.66. The van der Waals surface area contributed by atoms with Crippen molar-refractivity contribution in [3.05, 3.63) is 34.1 Å². The molecule has 0 aliphatic rings. The molecule has 1 rings (SSSR count). The first-order valence-corrected chi connectivity index (χ1v) is 6.75. The molecule has 1 unspecified atom stereocenters. The van der Waals surface area contributed by atoms with E-state index in [0.29, 0.717) is 6.04 Å². The van der Waals surface area contributed by atoms with Crippen LogP contribution in [0.25, 0.3) is 0 Å². The standard InChI is InChI=1S/C14H21BrFN/c1-14(2,3)13(17-4)8-6-10-5-7-11(15)9-12(10)16/h5,7,9,13,17H,6,8H2,1-4H3. The highest BCUT2D eigenvalue weighted by Gasteiger charge is 2.22. The highest BCUT2D eigenvalue weighted by molar-refractivity contribution is 9.10.